The standard InChI is InChI=1S/C10H19N3O2/c1-9(14)7-11-10(15)8-13-5-3-12(2)4-6-13/h3-8H2,1-2H3,(H,11,15). The Balaban J connectivity index is 2.17. The largest absolute Gasteiger partial charge is 0.348 e. The number of piperazine rings is 1. The summed E-state index contributed by atoms with van der Waals surface area (Å²) < 4.78 is 0. The number of hydrogen-bond donors (Lipinski definition) is 1. The van der Waals surface area contributed by atoms with E-state index in [2.05, 4.69) is 22.2 Å². The highest BCUT2D eigenvalue weighted by molar-refractivity contribution is 5.85. The maximum atomic E-state index is 11.4. The maximum absolute atomic E-state index is 11.4. The van der Waals surface area contributed by atoms with Gasteiger partial charge >= 0.3 is 0 Å². The molecule has 5 nitrogen and oxygen atoms in total. The molecular weight excluding hydrogens is 194 g/mol. The zero-order chi connectivity index (χ0) is 11.3. The predicted octanol–water partition coefficient (Wildman–Crippen LogP) is -1.06. The van der Waals surface area contributed by atoms with Crippen molar-refractivity contribution in [2.75, 3.05) is 46.3 Å². The summed E-state index contributed by atoms with van der Waals surface area (Å²) in [5.41, 5.74) is 0. The highest BCUT2D eigenvalue weighted by Gasteiger charge is 2.16. The van der Waals surface area contributed by atoms with Crippen molar-refractivity contribution in [1.29, 1.82) is 0 Å². The molecule has 5 heteroatoms. The Hall–Kier alpha value is -0.940. The minimum Gasteiger partial charge on any atom is -0.348 e. The Morgan fingerprint density at radius 2 is 1.80 bits per heavy atom. The molecule has 1 rings (SSSR count). The van der Waals surface area contributed by atoms with Gasteiger partial charge in [0.25, 0.3) is 0 Å². The zero-order valence-electron chi connectivity index (χ0n) is 9.45. The van der Waals surface area contributed by atoms with Crippen LogP contribution in [0.25, 0.3) is 0 Å². The molecule has 0 atom stereocenters. The summed E-state index contributed by atoms with van der Waals surface area (Å²) in [7, 11) is 2.08. The number of nitrogens with one attached hydrogen (secondary N) is 1. The van der Waals surface area contributed by atoms with Crippen LogP contribution in [0.5, 0.6) is 0 Å². The van der Waals surface area contributed by atoms with Crippen LogP contribution >= 0.6 is 0 Å². The normalized spacial score (nSPS) is 18.8. The molecule has 0 saturated carbocycles. The molecule has 0 unspecified atom stereocenters. The average Bonchev–Trinajstić information content (AvgIpc) is 2.19. The van der Waals surface area contributed by atoms with Gasteiger partial charge in [-0.3, -0.25) is 14.5 Å². The lowest BCUT2D eigenvalue weighted by molar-refractivity contribution is -0.125. The molecule has 0 spiro atoms. The van der Waals surface area contributed by atoms with E-state index in [1.165, 1.54) is 6.92 Å². The highest BCUT2D eigenvalue weighted by Crippen LogP contribution is 1.97. The zero-order valence-corrected chi connectivity index (χ0v) is 9.45. The lowest BCUT2D eigenvalue weighted by Crippen LogP contribution is -2.48. The van der Waals surface area contributed by atoms with Crippen molar-refractivity contribution in [2.24, 2.45) is 0 Å². The van der Waals surface area contributed by atoms with Crippen LogP contribution in [0, 0.1) is 0 Å². The summed E-state index contributed by atoms with van der Waals surface area (Å²) in [6.45, 7) is 5.86. The van der Waals surface area contributed by atoms with Crippen molar-refractivity contribution in [2.45, 2.75) is 6.92 Å². The number of likely N-dealkylation sites (N-methyl/N-ethyl adjacent to an activating group) is 1. The third-order valence-corrected chi connectivity index (χ3v) is 2.50. The van der Waals surface area contributed by atoms with Crippen molar-refractivity contribution in [3.8, 4) is 0 Å². The lowest BCUT2D eigenvalue weighted by atomic mass is 10.3. The van der Waals surface area contributed by atoms with Crippen molar-refractivity contribution in [3.05, 3.63) is 0 Å². The van der Waals surface area contributed by atoms with Gasteiger partial charge in [-0.25, -0.2) is 0 Å². The van der Waals surface area contributed by atoms with Gasteiger partial charge in [0.05, 0.1) is 13.1 Å². The first kappa shape index (κ1) is 12.1. The summed E-state index contributed by atoms with van der Waals surface area (Å²) >= 11 is 0. The monoisotopic (exact) mass is 213 g/mol. The van der Waals surface area contributed by atoms with Crippen molar-refractivity contribution in [3.63, 3.8) is 0 Å². The molecule has 1 aliphatic rings. The fraction of sp³-hybridized carbons (Fsp3) is 0.800. The predicted molar refractivity (Wildman–Crippen MR) is 57.6 cm³/mol. The van der Waals surface area contributed by atoms with E-state index in [0.717, 1.165) is 26.2 Å². The number of ketones is 1. The van der Waals surface area contributed by atoms with E-state index in [4.69, 9.17) is 0 Å². The van der Waals surface area contributed by atoms with Crippen molar-refractivity contribution >= 4 is 11.7 Å². The Morgan fingerprint density at radius 3 is 2.33 bits per heavy atom. The smallest absolute Gasteiger partial charge is 0.234 e. The molecule has 0 aromatic carbocycles. The van der Waals surface area contributed by atoms with Gasteiger partial charge in [0.2, 0.25) is 5.91 Å². The van der Waals surface area contributed by atoms with E-state index < -0.39 is 0 Å². The molecule has 15 heavy (non-hydrogen) atoms. The Kier molecular flexibility index (Phi) is 4.71. The molecule has 0 aromatic heterocycles. The second-order valence-corrected chi connectivity index (χ2v) is 4.06. The van der Waals surface area contributed by atoms with Gasteiger partial charge < -0.3 is 10.2 Å². The van der Waals surface area contributed by atoms with Crippen LogP contribution in [0.3, 0.4) is 0 Å². The Morgan fingerprint density at radius 1 is 1.20 bits per heavy atom. The lowest BCUT2D eigenvalue weighted by Gasteiger charge is -2.31. The summed E-state index contributed by atoms with van der Waals surface area (Å²) in [6.07, 6.45) is 0. The molecule has 0 aliphatic carbocycles. The number of rotatable bonds is 4. The molecule has 1 amide bonds. The van der Waals surface area contributed by atoms with Gasteiger partial charge in [-0.05, 0) is 14.0 Å². The molecular formula is C10H19N3O2. The van der Waals surface area contributed by atoms with Gasteiger partial charge in [0.15, 0.2) is 0 Å². The summed E-state index contributed by atoms with van der Waals surface area (Å²) in [5, 5.41) is 2.60. The molecule has 1 aliphatic heterocycles. The topological polar surface area (TPSA) is 52.7 Å². The van der Waals surface area contributed by atoms with E-state index in [9.17, 15) is 9.59 Å². The van der Waals surface area contributed by atoms with Crippen LogP contribution in [-0.2, 0) is 9.59 Å². The number of Topliss-reactive ketones (excluding diaryl/α,β-unsaturated/α-hetero) is 1. The van der Waals surface area contributed by atoms with Crippen LogP contribution in [0.1, 0.15) is 6.92 Å². The summed E-state index contributed by atoms with van der Waals surface area (Å²) in [4.78, 5) is 26.4. The molecule has 86 valence electrons. The summed E-state index contributed by atoms with van der Waals surface area (Å²) in [6, 6.07) is 0. The molecule has 1 heterocycles. The van der Waals surface area contributed by atoms with E-state index in [-0.39, 0.29) is 18.2 Å². The number of carbonyl (C=O) groups is 2. The Bertz CT molecular complexity index is 235. The van der Waals surface area contributed by atoms with E-state index >= 15 is 0 Å². The van der Waals surface area contributed by atoms with E-state index in [0.29, 0.717) is 6.54 Å². The SMILES string of the molecule is CC(=O)CNC(=O)CN1CCN(C)CC1. The molecule has 1 N–H and O–H groups in total. The van der Waals surface area contributed by atoms with Crippen LogP contribution in [0.2, 0.25) is 0 Å². The molecule has 0 radical (unpaired) electrons. The van der Waals surface area contributed by atoms with Gasteiger partial charge in [-0.15, -0.1) is 0 Å². The van der Waals surface area contributed by atoms with Gasteiger partial charge in [-0.2, -0.15) is 0 Å². The Labute approximate surface area is 90.4 Å². The quantitative estimate of drug-likeness (QED) is 0.647. The van der Waals surface area contributed by atoms with Crippen LogP contribution in [0.15, 0.2) is 0 Å². The number of nitrogens with zero attached hydrogens (tertiary/aromatic N) is 2. The second kappa shape index (κ2) is 5.82. The second-order valence-electron chi connectivity index (χ2n) is 4.06. The fourth-order valence-electron chi connectivity index (χ4n) is 1.49. The minimum atomic E-state index is -0.0604. The van der Waals surface area contributed by atoms with E-state index in [1.54, 1.807) is 0 Å². The number of amides is 1. The van der Waals surface area contributed by atoms with Gasteiger partial charge in [0.1, 0.15) is 5.78 Å². The highest BCUT2D eigenvalue weighted by atomic mass is 16.2. The average molecular weight is 213 g/mol. The van der Waals surface area contributed by atoms with Crippen LogP contribution in [-0.4, -0.2) is 67.8 Å². The van der Waals surface area contributed by atoms with Gasteiger partial charge in [-0.1, -0.05) is 0 Å². The van der Waals surface area contributed by atoms with Crippen LogP contribution in [0.4, 0.5) is 0 Å². The molecule has 0 bridgehead atoms. The third kappa shape index (κ3) is 4.90. The molecule has 1 saturated heterocycles. The third-order valence-electron chi connectivity index (χ3n) is 2.50. The first-order chi connectivity index (χ1) is 7.08. The number of carbonyl (C=O) groups excluding carboxylic acids is 2. The molecule has 1 fully saturated rings. The first-order valence-electron chi connectivity index (χ1n) is 5.25. The van der Waals surface area contributed by atoms with Crippen molar-refractivity contribution in [1.82, 2.24) is 15.1 Å². The first-order valence-corrected chi connectivity index (χ1v) is 5.25. The van der Waals surface area contributed by atoms with E-state index in [1.807, 2.05) is 0 Å². The minimum absolute atomic E-state index is 0.0123. The number of hydrogen-bond acceptors (Lipinski definition) is 4. The van der Waals surface area contributed by atoms with Crippen molar-refractivity contribution < 1.29 is 9.59 Å². The summed E-state index contributed by atoms with van der Waals surface area (Å²) in [5.74, 6) is -0.0727. The maximum Gasteiger partial charge on any atom is 0.234 e. The fourth-order valence-corrected chi connectivity index (χ4v) is 1.49. The van der Waals surface area contributed by atoms with Crippen LogP contribution < -0.4 is 5.32 Å². The molecule has 0 aromatic rings. The van der Waals surface area contributed by atoms with Gasteiger partial charge in [0, 0.05) is 26.2 Å².